The molecule has 66 heavy (non-hydrogen) atoms. The first-order valence-electron chi connectivity index (χ1n) is 22.3. The number of imidazole rings is 3. The van der Waals surface area contributed by atoms with Crippen LogP contribution in [0.2, 0.25) is 0 Å². The largest absolute Gasteiger partial charge is 0.338 e. The van der Waals surface area contributed by atoms with Crippen molar-refractivity contribution in [3.8, 4) is 28.2 Å². The number of hydrogen-bond acceptors (Lipinski definition) is 3. The predicted molar refractivity (Wildman–Crippen MR) is 266 cm³/mol. The topological polar surface area (TPSA) is 80.8 Å². The summed E-state index contributed by atoms with van der Waals surface area (Å²) in [7, 11) is 0. The molecule has 12 rings (SSSR count). The van der Waals surface area contributed by atoms with Crippen LogP contribution in [0, 0.1) is 0 Å². The lowest BCUT2D eigenvalue weighted by molar-refractivity contribution is 0.597. The second kappa shape index (κ2) is 15.8. The fraction of sp³-hybridized carbons (Fsp3) is 0.0702. The summed E-state index contributed by atoms with van der Waals surface area (Å²) < 4.78 is 10.6. The minimum Gasteiger partial charge on any atom is -0.284 e. The smallest absolute Gasteiger partial charge is 0.284 e. The summed E-state index contributed by atoms with van der Waals surface area (Å²) in [6.45, 7) is 0. The summed E-state index contributed by atoms with van der Waals surface area (Å²) >= 11 is 0. The minimum atomic E-state index is -0.364. The highest BCUT2D eigenvalue weighted by molar-refractivity contribution is 5.86. The maximum absolute atomic E-state index is 15.0. The molecule has 0 radical (unpaired) electrons. The van der Waals surface area contributed by atoms with Crippen LogP contribution in [0.3, 0.4) is 0 Å². The van der Waals surface area contributed by atoms with Gasteiger partial charge in [-0.1, -0.05) is 133 Å². The highest BCUT2D eigenvalue weighted by Gasteiger charge is 2.26. The lowest BCUT2D eigenvalue weighted by Crippen LogP contribution is -2.28. The van der Waals surface area contributed by atoms with Crippen molar-refractivity contribution in [2.75, 3.05) is 0 Å². The number of fused-ring (bicyclic) bond motifs is 3. The van der Waals surface area contributed by atoms with E-state index in [9.17, 15) is 9.59 Å². The number of para-hydroxylation sites is 6. The van der Waals surface area contributed by atoms with Gasteiger partial charge in [-0.25, -0.2) is 14.4 Å². The number of benzene rings is 7. The summed E-state index contributed by atoms with van der Waals surface area (Å²) in [5.74, 6) is 0.151. The third kappa shape index (κ3) is 6.35. The lowest BCUT2D eigenvalue weighted by atomic mass is 9.91. The van der Waals surface area contributed by atoms with Gasteiger partial charge < -0.3 is 0 Å². The SMILES string of the molecule is O=c1n(C2=CC(n3c(=O)n(C4=CC(c5ccccc5)CC=C4)c4ccccc43)CC=C2)c2ccccc2n1-c1cccc(-n2c(=O)n(-c3cccc(-c4ccccc4)c3)c3ccccc32)c1. The zero-order chi connectivity index (χ0) is 44.3. The maximum atomic E-state index is 15.0. The molecule has 2 aliphatic carbocycles. The molecule has 2 unspecified atom stereocenters. The molecule has 0 N–H and O–H groups in total. The summed E-state index contributed by atoms with van der Waals surface area (Å²) in [4.78, 5) is 44.5. The van der Waals surface area contributed by atoms with E-state index in [0.29, 0.717) is 29.0 Å². The minimum absolute atomic E-state index is 0.135. The van der Waals surface area contributed by atoms with Crippen LogP contribution in [0.4, 0.5) is 0 Å². The van der Waals surface area contributed by atoms with Crippen molar-refractivity contribution in [2.24, 2.45) is 0 Å². The zero-order valence-corrected chi connectivity index (χ0v) is 35.8. The maximum Gasteiger partial charge on any atom is 0.338 e. The molecule has 7 aromatic carbocycles. The molecule has 3 heterocycles. The van der Waals surface area contributed by atoms with Crippen LogP contribution in [0.15, 0.2) is 233 Å². The van der Waals surface area contributed by atoms with Crippen LogP contribution < -0.4 is 17.1 Å². The van der Waals surface area contributed by atoms with E-state index in [0.717, 1.165) is 56.5 Å². The van der Waals surface area contributed by atoms with E-state index < -0.39 is 0 Å². The molecule has 0 fully saturated rings. The van der Waals surface area contributed by atoms with Gasteiger partial charge >= 0.3 is 17.1 Å². The number of nitrogens with zero attached hydrogens (tertiary/aromatic N) is 6. The van der Waals surface area contributed by atoms with Crippen molar-refractivity contribution in [1.82, 2.24) is 27.4 Å². The molecule has 0 bridgehead atoms. The highest BCUT2D eigenvalue weighted by atomic mass is 16.2. The van der Waals surface area contributed by atoms with Crippen molar-refractivity contribution < 1.29 is 0 Å². The predicted octanol–water partition coefficient (Wildman–Crippen LogP) is 11.3. The van der Waals surface area contributed by atoms with Gasteiger partial charge in [-0.05, 0) is 114 Å². The van der Waals surface area contributed by atoms with Gasteiger partial charge in [0, 0.05) is 17.3 Å². The van der Waals surface area contributed by atoms with Crippen molar-refractivity contribution in [3.05, 3.63) is 255 Å². The zero-order valence-electron chi connectivity index (χ0n) is 35.8. The Balaban J connectivity index is 0.955. The molecule has 318 valence electrons. The molecule has 9 nitrogen and oxygen atoms in total. The number of aromatic nitrogens is 6. The van der Waals surface area contributed by atoms with Gasteiger partial charge in [-0.3, -0.25) is 27.4 Å². The fourth-order valence-electron chi connectivity index (χ4n) is 9.99. The number of allylic oxidation sites excluding steroid dienone is 8. The summed E-state index contributed by atoms with van der Waals surface area (Å²) in [6.07, 6.45) is 13.9. The Kier molecular flexibility index (Phi) is 9.34. The van der Waals surface area contributed by atoms with E-state index in [4.69, 9.17) is 0 Å². The Labute approximate surface area is 378 Å². The summed E-state index contributed by atoms with van der Waals surface area (Å²) in [6, 6.07) is 59.2. The van der Waals surface area contributed by atoms with Crippen LogP contribution in [-0.2, 0) is 0 Å². The van der Waals surface area contributed by atoms with Crippen molar-refractivity contribution >= 4 is 44.5 Å². The van der Waals surface area contributed by atoms with E-state index >= 15 is 4.79 Å². The first-order valence-corrected chi connectivity index (χ1v) is 22.3. The fourth-order valence-corrected chi connectivity index (χ4v) is 9.99. The average molecular weight is 859 g/mol. The third-order valence-corrected chi connectivity index (χ3v) is 13.0. The van der Waals surface area contributed by atoms with Gasteiger partial charge in [0.15, 0.2) is 0 Å². The van der Waals surface area contributed by atoms with E-state index in [1.54, 1.807) is 18.3 Å². The molecule has 3 aromatic heterocycles. The second-order valence-corrected chi connectivity index (χ2v) is 16.8. The van der Waals surface area contributed by atoms with E-state index in [-0.39, 0.29) is 29.0 Å². The Morgan fingerprint density at radius 2 is 0.803 bits per heavy atom. The second-order valence-electron chi connectivity index (χ2n) is 16.8. The van der Waals surface area contributed by atoms with Gasteiger partial charge in [0.05, 0.1) is 56.2 Å². The van der Waals surface area contributed by atoms with Crippen LogP contribution >= 0.6 is 0 Å². The Bertz CT molecular complexity index is 3850. The first-order chi connectivity index (χ1) is 32.5. The molecule has 0 saturated carbocycles. The van der Waals surface area contributed by atoms with Gasteiger partial charge in [-0.2, -0.15) is 0 Å². The highest BCUT2D eigenvalue weighted by Crippen LogP contribution is 2.34. The molecule has 0 aliphatic heterocycles. The van der Waals surface area contributed by atoms with Gasteiger partial charge in [0.25, 0.3) is 0 Å². The Morgan fingerprint density at radius 3 is 1.42 bits per heavy atom. The summed E-state index contributed by atoms with van der Waals surface area (Å²) in [5.41, 5.74) is 10.7. The van der Waals surface area contributed by atoms with E-state index in [1.807, 2.05) is 179 Å². The average Bonchev–Trinajstić information content (AvgIpc) is 3.97. The van der Waals surface area contributed by atoms with Gasteiger partial charge in [-0.15, -0.1) is 0 Å². The van der Waals surface area contributed by atoms with Crippen LogP contribution in [-0.4, -0.2) is 27.4 Å². The summed E-state index contributed by atoms with van der Waals surface area (Å²) in [5, 5.41) is 0. The monoisotopic (exact) mass is 858 g/mol. The first kappa shape index (κ1) is 38.9. The lowest BCUT2D eigenvalue weighted by Gasteiger charge is -2.19. The molecular weight excluding hydrogens is 817 g/mol. The quantitative estimate of drug-likeness (QED) is 0.153. The third-order valence-electron chi connectivity index (χ3n) is 13.0. The molecule has 2 atom stereocenters. The Morgan fingerprint density at radius 1 is 0.364 bits per heavy atom. The molecule has 9 heteroatoms. The van der Waals surface area contributed by atoms with Gasteiger partial charge in [0.2, 0.25) is 0 Å². The van der Waals surface area contributed by atoms with Crippen LogP contribution in [0.1, 0.15) is 30.4 Å². The van der Waals surface area contributed by atoms with Crippen LogP contribution in [0.5, 0.6) is 0 Å². The standard InChI is InChI=1S/C57H42N6O3/c64-55-58(43-23-13-21-41(35-43)39-17-3-1-4-18-39)49-29-7-9-31-51(49)60(55)45-25-15-27-47(37-45)62-53-33-11-12-34-54(53)63(57(62)66)48-28-16-26-46(38-48)61-52-32-10-8-30-50(52)59(56(61)65)44-24-14-22-42(36-44)40-19-5-2-6-20-40/h1-21,23-25,27-38,42,46H,22,26H2. The molecule has 0 saturated heterocycles. The van der Waals surface area contributed by atoms with Gasteiger partial charge in [0.1, 0.15) is 0 Å². The molecular formula is C57H42N6O3. The van der Waals surface area contributed by atoms with E-state index in [1.165, 1.54) is 5.56 Å². The molecule has 0 spiro atoms. The van der Waals surface area contributed by atoms with Crippen LogP contribution in [0.25, 0.3) is 72.7 Å². The molecule has 10 aromatic rings. The number of rotatable bonds is 8. The van der Waals surface area contributed by atoms with Crippen molar-refractivity contribution in [3.63, 3.8) is 0 Å². The molecule has 0 amide bonds. The number of hydrogen-bond donors (Lipinski definition) is 0. The van der Waals surface area contributed by atoms with Crippen molar-refractivity contribution in [2.45, 2.75) is 24.8 Å². The Hall–Kier alpha value is -8.69. The normalized spacial score (nSPS) is 16.0. The van der Waals surface area contributed by atoms with Crippen molar-refractivity contribution in [1.29, 1.82) is 0 Å². The molecule has 2 aliphatic rings. The van der Waals surface area contributed by atoms with E-state index in [2.05, 4.69) is 48.6 Å².